The molecule has 0 aliphatic heterocycles. The molecule has 0 spiro atoms. The molecule has 3 aliphatic rings. The topological polar surface area (TPSA) is 14.8 Å². The smallest absolute Gasteiger partial charge is 0.0547 e. The number of benzene rings is 20. The molecular formula is C111H74BrN3. The number of halogens is 1. The first-order valence-electron chi connectivity index (χ1n) is 40.3. The highest BCUT2D eigenvalue weighted by molar-refractivity contribution is 9.10. The fraction of sp³-hybridized carbons (Fsp3) is 0.0631. The summed E-state index contributed by atoms with van der Waals surface area (Å²) in [6.07, 6.45) is 1.02. The minimum absolute atomic E-state index is 0.0485. The van der Waals surface area contributed by atoms with Gasteiger partial charge in [0.25, 0.3) is 0 Å². The highest BCUT2D eigenvalue weighted by Gasteiger charge is 2.39. The van der Waals surface area contributed by atoms with Gasteiger partial charge in [-0.25, -0.2) is 0 Å². The van der Waals surface area contributed by atoms with E-state index in [4.69, 9.17) is 0 Å². The van der Waals surface area contributed by atoms with Crippen molar-refractivity contribution in [2.45, 2.75) is 44.9 Å². The summed E-state index contributed by atoms with van der Waals surface area (Å²) in [6.45, 7) is 9.52. The quantitative estimate of drug-likeness (QED) is 0.157. The largest absolute Gasteiger partial charge is 0.309 e. The fourth-order valence-electron chi connectivity index (χ4n) is 20.9. The third kappa shape index (κ3) is 9.70. The molecule has 0 radical (unpaired) electrons. The monoisotopic (exact) mass is 1530 g/mol. The number of aromatic nitrogens is 3. The third-order valence-corrected chi connectivity index (χ3v) is 26.8. The summed E-state index contributed by atoms with van der Waals surface area (Å²) >= 11 is 3.61. The van der Waals surface area contributed by atoms with Gasteiger partial charge in [-0.3, -0.25) is 0 Å². The number of para-hydroxylation sites is 2. The molecule has 0 bridgehead atoms. The summed E-state index contributed by atoms with van der Waals surface area (Å²) in [5.41, 5.74) is 27.8. The first kappa shape index (κ1) is 66.0. The minimum atomic E-state index is -0.115. The van der Waals surface area contributed by atoms with Crippen molar-refractivity contribution >= 4 is 168 Å². The van der Waals surface area contributed by atoms with Crippen LogP contribution in [-0.2, 0) is 17.3 Å². The van der Waals surface area contributed by atoms with Gasteiger partial charge in [0, 0.05) is 64.7 Å². The Balaban J connectivity index is 0.000000111. The average molecular weight is 1530 g/mol. The lowest BCUT2D eigenvalue weighted by molar-refractivity contribution is 0.659. The summed E-state index contributed by atoms with van der Waals surface area (Å²) in [4.78, 5) is 0. The van der Waals surface area contributed by atoms with E-state index in [1.165, 1.54) is 235 Å². The Morgan fingerprint density at radius 1 is 0.200 bits per heavy atom. The van der Waals surface area contributed by atoms with Crippen LogP contribution in [0.3, 0.4) is 0 Å². The molecule has 0 atom stereocenters. The molecule has 3 aliphatic carbocycles. The van der Waals surface area contributed by atoms with Gasteiger partial charge in [-0.1, -0.05) is 292 Å². The Morgan fingerprint density at radius 2 is 0.539 bits per heavy atom. The van der Waals surface area contributed by atoms with Gasteiger partial charge in [-0.2, -0.15) is 0 Å². The van der Waals surface area contributed by atoms with E-state index in [1.54, 1.807) is 0 Å². The van der Waals surface area contributed by atoms with Crippen LogP contribution in [-0.4, -0.2) is 13.7 Å². The van der Waals surface area contributed by atoms with Crippen molar-refractivity contribution in [2.75, 3.05) is 0 Å². The van der Waals surface area contributed by atoms with Crippen molar-refractivity contribution in [3.63, 3.8) is 0 Å². The van der Waals surface area contributed by atoms with E-state index in [2.05, 4.69) is 421 Å². The molecule has 0 saturated heterocycles. The Labute approximate surface area is 673 Å². The molecule has 0 N–H and O–H groups in total. The van der Waals surface area contributed by atoms with E-state index < -0.39 is 0 Å². The van der Waals surface area contributed by atoms with E-state index in [-0.39, 0.29) is 10.8 Å². The van der Waals surface area contributed by atoms with Crippen molar-refractivity contribution in [3.8, 4) is 50.4 Å². The zero-order valence-corrected chi connectivity index (χ0v) is 65.7. The number of hydrogen-bond acceptors (Lipinski definition) is 0. The van der Waals surface area contributed by atoms with Crippen LogP contribution in [0.25, 0.3) is 202 Å². The predicted octanol–water partition coefficient (Wildman–Crippen LogP) is 30.5. The van der Waals surface area contributed by atoms with Crippen LogP contribution in [0.4, 0.5) is 0 Å². The van der Waals surface area contributed by atoms with E-state index >= 15 is 0 Å². The molecular weight excluding hydrogens is 1460 g/mol. The van der Waals surface area contributed by atoms with Crippen LogP contribution >= 0.6 is 15.9 Å². The lowest BCUT2D eigenvalue weighted by Crippen LogP contribution is -2.15. The van der Waals surface area contributed by atoms with Crippen LogP contribution in [0, 0.1) is 0 Å². The lowest BCUT2D eigenvalue weighted by Gasteiger charge is -2.22. The second-order valence-corrected chi connectivity index (χ2v) is 34.0. The summed E-state index contributed by atoms with van der Waals surface area (Å²) < 4.78 is 8.44. The van der Waals surface area contributed by atoms with Gasteiger partial charge in [-0.15, -0.1) is 0 Å². The molecule has 0 unspecified atom stereocenters. The summed E-state index contributed by atoms with van der Waals surface area (Å²) in [6, 6.07) is 135. The predicted molar refractivity (Wildman–Crippen MR) is 493 cm³/mol. The standard InChI is InChI=1S/C55H36N2.C34H24.C22H14BrN/c1-55(2)49-21-11-9-19-41(49)45-30-48-47-29-43-39-17-7-5-15-37(39)38-16-6-8-18-40(38)44(43)31-53(47)57(54(48)32-50(45)55)36-25-26-52-46(28-36)42-20-10-12-22-51(42)56(52)35-24-23-33-13-3-4-14-34(33)27-35;1-34(2)32-14-8-7-13-26(32)31-19-28-21(17-33(31)34)15-20-16-29-24-11-5-3-9-22(24)23-10-4-6-12-25(23)30(29)18-27(20)28;23-17-10-12-22-20(14-17)19-7-3-4-8-21(19)24(22)18-11-9-15-5-1-2-6-16(15)13-18/h3-32H,1-2H3;3-14,16-19H,15H2,1-2H3;1-14H. The second kappa shape index (κ2) is 24.7. The van der Waals surface area contributed by atoms with Crippen LogP contribution in [0.2, 0.25) is 0 Å². The Hall–Kier alpha value is -13.6. The normalized spacial score (nSPS) is 13.5. The van der Waals surface area contributed by atoms with E-state index in [0.29, 0.717) is 0 Å². The molecule has 3 aromatic heterocycles. The van der Waals surface area contributed by atoms with Crippen LogP contribution in [0.5, 0.6) is 0 Å². The fourth-order valence-corrected chi connectivity index (χ4v) is 21.3. The molecule has 540 valence electrons. The van der Waals surface area contributed by atoms with Gasteiger partial charge in [0.1, 0.15) is 0 Å². The first-order valence-corrected chi connectivity index (χ1v) is 41.0. The van der Waals surface area contributed by atoms with Gasteiger partial charge >= 0.3 is 0 Å². The zero-order chi connectivity index (χ0) is 76.3. The molecule has 0 saturated carbocycles. The van der Waals surface area contributed by atoms with E-state index in [0.717, 1.165) is 10.9 Å². The average Bonchev–Trinajstić information content (AvgIpc) is 1.58. The summed E-state index contributed by atoms with van der Waals surface area (Å²) in [5, 5.41) is 28.5. The second-order valence-electron chi connectivity index (χ2n) is 33.1. The van der Waals surface area contributed by atoms with Gasteiger partial charge in [0.2, 0.25) is 0 Å². The minimum Gasteiger partial charge on any atom is -0.309 e. The molecule has 0 fully saturated rings. The van der Waals surface area contributed by atoms with Crippen LogP contribution in [0.15, 0.2) is 368 Å². The zero-order valence-electron chi connectivity index (χ0n) is 64.1. The lowest BCUT2D eigenvalue weighted by atomic mass is 9.81. The van der Waals surface area contributed by atoms with Crippen molar-refractivity contribution in [1.82, 2.24) is 13.7 Å². The van der Waals surface area contributed by atoms with Crippen molar-refractivity contribution in [2.24, 2.45) is 0 Å². The van der Waals surface area contributed by atoms with Gasteiger partial charge < -0.3 is 13.7 Å². The molecule has 26 rings (SSSR count). The first-order chi connectivity index (χ1) is 56.4. The van der Waals surface area contributed by atoms with E-state index in [1.807, 2.05) is 0 Å². The van der Waals surface area contributed by atoms with E-state index in [9.17, 15) is 0 Å². The summed E-state index contributed by atoms with van der Waals surface area (Å²) in [7, 11) is 0. The SMILES string of the molecule is Brc1ccc2c(c1)c1ccccc1n2-c1ccc2ccccc2c1.CC1(C)c2ccccc2-c2cc3c(cc21)Cc1cc2c4ccccc4c4ccccc4c2cc1-3.CC1(C)c2ccccc2-c2cc3c4cc5c6ccccc6c6ccccc6c5cc4n(-c4ccc5c(c4)c4ccccc4n5-c4ccc5ccccc5c4)c3cc21. The summed E-state index contributed by atoms with van der Waals surface area (Å²) in [5.74, 6) is 0. The molecule has 3 heterocycles. The Kier molecular flexibility index (Phi) is 14.2. The maximum atomic E-state index is 3.61. The van der Waals surface area contributed by atoms with Gasteiger partial charge in [0.15, 0.2) is 0 Å². The number of hydrogen-bond donors (Lipinski definition) is 0. The molecule has 23 aromatic rings. The van der Waals surface area contributed by atoms with Gasteiger partial charge in [-0.05, 0) is 275 Å². The van der Waals surface area contributed by atoms with Crippen LogP contribution in [0.1, 0.15) is 61.1 Å². The third-order valence-electron chi connectivity index (χ3n) is 26.3. The van der Waals surface area contributed by atoms with Gasteiger partial charge in [0.05, 0.1) is 33.1 Å². The molecule has 0 amide bonds. The maximum Gasteiger partial charge on any atom is 0.0547 e. The van der Waals surface area contributed by atoms with Crippen molar-refractivity contribution in [1.29, 1.82) is 0 Å². The Morgan fingerprint density at radius 3 is 1.09 bits per heavy atom. The Bertz CT molecular complexity index is 8220. The van der Waals surface area contributed by atoms with Crippen LogP contribution < -0.4 is 0 Å². The molecule has 115 heavy (non-hydrogen) atoms. The molecule has 4 heteroatoms. The number of nitrogens with zero attached hydrogens (tertiary/aromatic N) is 3. The number of fused-ring (bicyclic) bond motifs is 32. The highest BCUT2D eigenvalue weighted by Crippen LogP contribution is 2.55. The van der Waals surface area contributed by atoms with Crippen molar-refractivity contribution in [3.05, 3.63) is 402 Å². The molecule has 20 aromatic carbocycles. The molecule has 3 nitrogen and oxygen atoms in total. The number of rotatable bonds is 3. The maximum absolute atomic E-state index is 3.61. The highest BCUT2D eigenvalue weighted by atomic mass is 79.9. The van der Waals surface area contributed by atoms with Crippen molar-refractivity contribution < 1.29 is 0 Å².